The molecule has 7 amide bonds. The number of carbonyl (C=O) groups excluding carboxylic acids is 7. The number of likely N-dealkylation sites (tertiary alicyclic amines) is 2. The number of imidazole rings is 2. The number of ether oxygens (including phenoxy) is 2. The number of β-amino-alcohol motifs (C(OH)–C–C–N with tert-alkyl or cyclic N) is 2. The Kier molecular flexibility index (Phi) is 31.7. The fraction of sp³-hybridized carbons (Fsp3) is 0.460. The number of fused-ring (bicyclic) bond motifs is 6. The average molecular weight is 1900 g/mol. The fourth-order valence-corrected chi connectivity index (χ4v) is 20.7. The smallest absolute Gasteiger partial charge is 0.335 e. The maximum absolute atomic E-state index is 14.1. The van der Waals surface area contributed by atoms with Crippen LogP contribution in [0.2, 0.25) is 0 Å². The van der Waals surface area contributed by atoms with Gasteiger partial charge in [0.15, 0.2) is 24.3 Å². The van der Waals surface area contributed by atoms with Crippen molar-refractivity contribution in [1.29, 1.82) is 0 Å². The number of nitrogens with zero attached hydrogens (tertiary/aromatic N) is 16. The Morgan fingerprint density at radius 3 is 1.34 bits per heavy atom. The molecule has 37 heteroatoms. The molecule has 2 aliphatic carbocycles. The van der Waals surface area contributed by atoms with Crippen LogP contribution in [0.1, 0.15) is 235 Å². The van der Waals surface area contributed by atoms with Crippen LogP contribution >= 0.6 is 22.7 Å². The SMILES string of the molecule is Cc1ncsc1-c1ccc(CNC(=O)[C@@H]2C[C@@H](O)CN2C(=O)[C@@H](NC(=O)CCN)C(C)(C)C)cc1.[C-]#[N+]c1ncn2c1[C@@H](CC)N(C1CCCC1)c1nc(Cc3ccc(C(=O)NCCC(=O)N[C@H](C(=O)N4C[C@H](O)C[C@H]4C(=O)NCc4ccc(-c5scnc5C)cc4)C(C)(C)C)cc3OC)ncc1-2.[C-]#[N+]c1ncn2c1[C@@H](CC)N(C1CCCC1)c1nc(Cc3ccc(C(=O)O)cc3OC)ncc1-2. The summed E-state index contributed by atoms with van der Waals surface area (Å²) >= 11 is 3.15. The lowest BCUT2D eigenvalue weighted by atomic mass is 9.85. The number of anilines is 2. The van der Waals surface area contributed by atoms with Crippen LogP contribution in [0, 0.1) is 37.8 Å². The van der Waals surface area contributed by atoms with E-state index in [4.69, 9.17) is 43.3 Å². The predicted octanol–water partition coefficient (Wildman–Crippen LogP) is 12.7. The lowest BCUT2D eigenvalue weighted by Crippen LogP contribution is -2.57. The van der Waals surface area contributed by atoms with Crippen LogP contribution in [0.5, 0.6) is 11.5 Å². The van der Waals surface area contributed by atoms with E-state index in [9.17, 15) is 53.7 Å². The molecule has 10 aromatic rings. The van der Waals surface area contributed by atoms with E-state index < -0.39 is 76.8 Å². The lowest BCUT2D eigenvalue weighted by molar-refractivity contribution is -0.144. The van der Waals surface area contributed by atoms with Crippen molar-refractivity contribution in [3.05, 3.63) is 212 Å². The van der Waals surface area contributed by atoms with Crippen LogP contribution in [-0.4, -0.2) is 210 Å². The number of amides is 7. The molecule has 4 aliphatic heterocycles. The number of methoxy groups -OCH3 is 2. The number of hydrogen-bond acceptors (Lipinski definition) is 25. The van der Waals surface area contributed by atoms with Gasteiger partial charge in [-0.15, -0.1) is 32.6 Å². The number of aliphatic hydroxyl groups is 2. The summed E-state index contributed by atoms with van der Waals surface area (Å²) < 4.78 is 15.1. The third-order valence-electron chi connectivity index (χ3n) is 26.1. The number of aromatic nitrogens is 10. The first-order valence-corrected chi connectivity index (χ1v) is 48.3. The van der Waals surface area contributed by atoms with Crippen molar-refractivity contribution in [2.45, 2.75) is 246 Å². The van der Waals surface area contributed by atoms with Crippen molar-refractivity contribution < 1.29 is 63.1 Å². The van der Waals surface area contributed by atoms with Gasteiger partial charge >= 0.3 is 5.97 Å². The third kappa shape index (κ3) is 22.5. The zero-order valence-corrected chi connectivity index (χ0v) is 81.0. The highest BCUT2D eigenvalue weighted by molar-refractivity contribution is 7.13. The molecule has 0 bridgehead atoms. The molecule has 137 heavy (non-hydrogen) atoms. The molecular formula is C100H120N22O13S2. The summed E-state index contributed by atoms with van der Waals surface area (Å²) in [7, 11) is 3.07. The Morgan fingerprint density at radius 2 is 0.964 bits per heavy atom. The molecule has 2 saturated heterocycles. The van der Waals surface area contributed by atoms with Gasteiger partial charge < -0.3 is 86.4 Å². The molecule has 2 saturated carbocycles. The summed E-state index contributed by atoms with van der Waals surface area (Å²) in [5, 5.41) is 44.4. The average Bonchev–Trinajstić information content (AvgIpc) is 1.64. The molecule has 6 aliphatic rings. The van der Waals surface area contributed by atoms with E-state index in [2.05, 4.69) is 84.8 Å². The van der Waals surface area contributed by atoms with Crippen molar-refractivity contribution in [2.75, 3.05) is 50.2 Å². The van der Waals surface area contributed by atoms with Crippen LogP contribution in [0.3, 0.4) is 0 Å². The van der Waals surface area contributed by atoms with Gasteiger partial charge in [-0.1, -0.05) is 155 Å². The van der Waals surface area contributed by atoms with E-state index >= 15 is 0 Å². The van der Waals surface area contributed by atoms with Gasteiger partial charge in [-0.2, -0.15) is 0 Å². The van der Waals surface area contributed by atoms with Gasteiger partial charge in [0, 0.05) is 107 Å². The van der Waals surface area contributed by atoms with E-state index in [1.165, 1.54) is 42.9 Å². The Labute approximate surface area is 804 Å². The fourth-order valence-electron chi connectivity index (χ4n) is 19.1. The maximum atomic E-state index is 14.1. The van der Waals surface area contributed by atoms with Crippen LogP contribution in [-0.2, 0) is 54.7 Å². The number of nitrogens with one attached hydrogen (secondary N) is 5. The van der Waals surface area contributed by atoms with Gasteiger partial charge in [-0.05, 0) is 110 Å². The zero-order valence-electron chi connectivity index (χ0n) is 79.4. The molecule has 6 aromatic heterocycles. The largest absolute Gasteiger partial charge is 0.496 e. The second-order valence-corrected chi connectivity index (χ2v) is 39.3. The molecule has 0 unspecified atom stereocenters. The Morgan fingerprint density at radius 1 is 0.555 bits per heavy atom. The monoisotopic (exact) mass is 1900 g/mol. The topological polar surface area (TPSA) is 437 Å². The summed E-state index contributed by atoms with van der Waals surface area (Å²) in [6.45, 7) is 35.3. The molecule has 35 nitrogen and oxygen atoms in total. The van der Waals surface area contributed by atoms with E-state index in [0.717, 1.165) is 140 Å². The lowest BCUT2D eigenvalue weighted by Gasteiger charge is -2.42. The molecule has 16 rings (SSSR count). The van der Waals surface area contributed by atoms with E-state index in [1.54, 1.807) is 65.8 Å². The van der Waals surface area contributed by atoms with Crippen LogP contribution in [0.15, 0.2) is 121 Å². The Bertz CT molecular complexity index is 6150. The first-order valence-electron chi connectivity index (χ1n) is 46.6. The van der Waals surface area contributed by atoms with E-state index in [0.29, 0.717) is 71.8 Å². The summed E-state index contributed by atoms with van der Waals surface area (Å²) in [6.07, 6.45) is 16.9. The van der Waals surface area contributed by atoms with E-state index in [-0.39, 0.29) is 93.8 Å². The van der Waals surface area contributed by atoms with Gasteiger partial charge in [0.1, 0.15) is 58.7 Å². The van der Waals surface area contributed by atoms with Gasteiger partial charge in [-0.3, -0.25) is 42.7 Å². The van der Waals surface area contributed by atoms with Crippen LogP contribution in [0.25, 0.3) is 41.9 Å². The quantitative estimate of drug-likeness (QED) is 0.0197. The van der Waals surface area contributed by atoms with Crippen LogP contribution < -0.4 is 51.6 Å². The highest BCUT2D eigenvalue weighted by Crippen LogP contribution is 2.49. The number of rotatable bonds is 29. The molecule has 8 atom stereocenters. The van der Waals surface area contributed by atoms with Gasteiger partial charge in [0.2, 0.25) is 35.4 Å². The molecular weight excluding hydrogens is 1780 g/mol. The number of hydrogen-bond donors (Lipinski definition) is 9. The number of benzene rings is 4. The minimum atomic E-state index is -1.01. The highest BCUT2D eigenvalue weighted by atomic mass is 32.1. The normalized spacial score (nSPS) is 18.2. The number of carboxylic acids is 1. The number of thiazole rings is 2. The summed E-state index contributed by atoms with van der Waals surface area (Å²) in [5.41, 5.74) is 19.2. The summed E-state index contributed by atoms with van der Waals surface area (Å²) in [4.78, 5) is 159. The Balaban J connectivity index is 0.000000182. The second kappa shape index (κ2) is 43.7. The molecule has 10 N–H and O–H groups in total. The van der Waals surface area contributed by atoms with Crippen molar-refractivity contribution >= 4 is 93.3 Å². The number of aryl methyl sites for hydroxylation is 2. The number of carboxylic acid groups (broad SMARTS) is 1. The second-order valence-electron chi connectivity index (χ2n) is 37.5. The van der Waals surface area contributed by atoms with Gasteiger partial charge in [0.05, 0.1) is 100 Å². The van der Waals surface area contributed by atoms with Gasteiger partial charge in [-0.25, -0.2) is 34.7 Å². The third-order valence-corrected chi connectivity index (χ3v) is 28.1. The van der Waals surface area contributed by atoms with Crippen LogP contribution in [0.4, 0.5) is 23.3 Å². The summed E-state index contributed by atoms with van der Waals surface area (Å²) in [6, 6.07) is 22.8. The zero-order chi connectivity index (χ0) is 97.8. The minimum Gasteiger partial charge on any atom is -0.496 e. The summed E-state index contributed by atoms with van der Waals surface area (Å²) in [5.74, 6) is 0.972. The first-order chi connectivity index (χ1) is 65.7. The van der Waals surface area contributed by atoms with Crippen molar-refractivity contribution in [1.82, 2.24) is 85.4 Å². The van der Waals surface area contributed by atoms with Gasteiger partial charge in [0.25, 0.3) is 17.5 Å². The number of nitrogens with two attached hydrogens (primary N) is 1. The number of carbonyl (C=O) groups is 8. The van der Waals surface area contributed by atoms with E-state index in [1.807, 2.05) is 136 Å². The molecule has 10 heterocycles. The molecule has 0 radical (unpaired) electrons. The molecule has 4 aromatic carbocycles. The first kappa shape index (κ1) is 99.5. The Hall–Kier alpha value is -13.5. The standard InChI is InChI=1S/C50H59N11O6S.C25H26N6O3.C25H35N5O4S/c1-8-36-42-45(51-6)55-27-60(42)38-25-53-40(57-46(38)61(36)34-11-9-10-12-34)22-32-17-18-33(21-39(32)67-7)47(64)52-20-19-41(63)58-44(50(3,4)5)49(66)59-26-35(62)23-37(59)48(65)54-24-30-13-15-31(16-14-30)43-29(2)56-28-68-43;1-4-18-22-23(26-2)28-14-30(22)19-13-27-21(29-24(19)31(18)17-7-5-6-8-17)12-15-9-10-16(25(32)33)11-20(15)34-3;1-15-21(35-14-28-15)17-7-5-16(6-8-17)12-27-23(33)19-11-18(31)13-30(19)24(34)22(25(2,3)4)29-20(32)9-10-26/h13-18,21,25,27-28,34-37,44,62H,8-12,19-20,22-24,26H2,1-5,7H3,(H,52,64)(H,54,65)(H,58,63);9-11,13-14,17-18H,4-8,12H2,1,3H3,(H,32,33);5-8,14,18-19,22,31H,9-13,26H2,1-4H3,(H,27,33)(H,29,32)/t35-,36-,37+,44-;18-;18-,19+,22-/m111/s1. The molecule has 4 fully saturated rings. The van der Waals surface area contributed by atoms with Crippen molar-refractivity contribution in [3.8, 4) is 43.8 Å². The number of aliphatic hydroxyl groups excluding tert-OH is 2. The maximum Gasteiger partial charge on any atom is 0.335 e. The van der Waals surface area contributed by atoms with Crippen molar-refractivity contribution in [2.24, 2.45) is 16.6 Å². The predicted molar refractivity (Wildman–Crippen MR) is 519 cm³/mol. The number of aromatic carboxylic acids is 1. The highest BCUT2D eigenvalue weighted by Gasteiger charge is 2.48. The molecule has 0 spiro atoms. The van der Waals surface area contributed by atoms with Crippen molar-refractivity contribution in [3.63, 3.8) is 0 Å². The minimum absolute atomic E-state index is 0.00668. The molecule has 720 valence electrons.